The van der Waals surface area contributed by atoms with E-state index in [0.717, 1.165) is 6.07 Å². The zero-order valence-electron chi connectivity index (χ0n) is 13.7. The summed E-state index contributed by atoms with van der Waals surface area (Å²) in [6.07, 6.45) is 3.16. The Morgan fingerprint density at radius 1 is 1.26 bits per heavy atom. The molecule has 0 aliphatic rings. The maximum Gasteiger partial charge on any atom is 0.343 e. The zero-order valence-corrected chi connectivity index (χ0v) is 13.7. The SMILES string of the molecule is CCOC(=O)/C(C=Nc1c[nH]ccc1=O)=C(/O)c1cc(F)c(F)c(F)c1F. The second-order valence-electron chi connectivity index (χ2n) is 4.98. The summed E-state index contributed by atoms with van der Waals surface area (Å²) in [6.45, 7) is 1.29. The van der Waals surface area contributed by atoms with Gasteiger partial charge in [0.25, 0.3) is 0 Å². The minimum Gasteiger partial charge on any atom is -0.506 e. The normalized spacial score (nSPS) is 12.2. The van der Waals surface area contributed by atoms with E-state index in [2.05, 4.69) is 14.7 Å². The molecule has 0 amide bonds. The molecule has 0 aliphatic heterocycles. The Balaban J connectivity index is 2.64. The molecule has 142 valence electrons. The van der Waals surface area contributed by atoms with E-state index in [9.17, 15) is 32.3 Å². The lowest BCUT2D eigenvalue weighted by molar-refractivity contribution is -0.137. The number of benzene rings is 1. The lowest BCUT2D eigenvalue weighted by atomic mass is 10.1. The third-order valence-corrected chi connectivity index (χ3v) is 3.24. The molecule has 0 fully saturated rings. The van der Waals surface area contributed by atoms with Crippen molar-refractivity contribution in [2.75, 3.05) is 6.61 Å². The van der Waals surface area contributed by atoms with Gasteiger partial charge in [-0.25, -0.2) is 22.4 Å². The van der Waals surface area contributed by atoms with E-state index in [1.54, 1.807) is 0 Å². The number of carbonyl (C=O) groups excluding carboxylic acids is 1. The summed E-state index contributed by atoms with van der Waals surface area (Å²) >= 11 is 0. The second kappa shape index (κ2) is 8.30. The van der Waals surface area contributed by atoms with Crippen LogP contribution in [0.1, 0.15) is 12.5 Å². The van der Waals surface area contributed by atoms with Gasteiger partial charge >= 0.3 is 5.97 Å². The van der Waals surface area contributed by atoms with Crippen LogP contribution >= 0.6 is 0 Å². The van der Waals surface area contributed by atoms with Gasteiger partial charge in [0.1, 0.15) is 17.0 Å². The number of aliphatic hydroxyl groups is 1. The van der Waals surface area contributed by atoms with Crippen LogP contribution in [0.3, 0.4) is 0 Å². The van der Waals surface area contributed by atoms with Crippen LogP contribution in [-0.2, 0) is 9.53 Å². The third-order valence-electron chi connectivity index (χ3n) is 3.24. The highest BCUT2D eigenvalue weighted by atomic mass is 19.2. The first-order valence-electron chi connectivity index (χ1n) is 7.42. The van der Waals surface area contributed by atoms with Gasteiger partial charge in [-0.05, 0) is 13.0 Å². The monoisotopic (exact) mass is 384 g/mol. The van der Waals surface area contributed by atoms with E-state index in [4.69, 9.17) is 0 Å². The number of ether oxygens (including phenoxy) is 1. The molecule has 2 aromatic rings. The second-order valence-corrected chi connectivity index (χ2v) is 4.98. The maximum atomic E-state index is 13.9. The van der Waals surface area contributed by atoms with E-state index in [0.29, 0.717) is 6.21 Å². The molecule has 0 unspecified atom stereocenters. The molecular weight excluding hydrogens is 372 g/mol. The molecule has 6 nitrogen and oxygen atoms in total. The van der Waals surface area contributed by atoms with Crippen LogP contribution in [0.4, 0.5) is 23.2 Å². The van der Waals surface area contributed by atoms with Crippen molar-refractivity contribution in [3.05, 3.63) is 69.2 Å². The minimum atomic E-state index is -2.17. The first kappa shape index (κ1) is 19.9. The van der Waals surface area contributed by atoms with Crippen LogP contribution in [0.25, 0.3) is 5.76 Å². The van der Waals surface area contributed by atoms with Crippen LogP contribution in [0.5, 0.6) is 0 Å². The highest BCUT2D eigenvalue weighted by Gasteiger charge is 2.25. The molecule has 0 saturated heterocycles. The number of H-pyrrole nitrogens is 1. The zero-order chi connectivity index (χ0) is 20.1. The molecule has 1 aromatic heterocycles. The van der Waals surface area contributed by atoms with Gasteiger partial charge in [0, 0.05) is 24.7 Å². The van der Waals surface area contributed by atoms with Crippen molar-refractivity contribution in [1.82, 2.24) is 4.98 Å². The summed E-state index contributed by atoms with van der Waals surface area (Å²) < 4.78 is 58.5. The summed E-state index contributed by atoms with van der Waals surface area (Å²) in [5.74, 6) is -10.4. The highest BCUT2D eigenvalue weighted by molar-refractivity contribution is 6.15. The Labute approximate surface area is 149 Å². The number of hydrogen-bond acceptors (Lipinski definition) is 5. The van der Waals surface area contributed by atoms with Gasteiger partial charge in [0.05, 0.1) is 12.2 Å². The molecule has 10 heteroatoms. The third kappa shape index (κ3) is 4.22. The number of aromatic nitrogens is 1. The van der Waals surface area contributed by atoms with Gasteiger partial charge in [-0.15, -0.1) is 0 Å². The van der Waals surface area contributed by atoms with E-state index in [1.807, 2.05) is 0 Å². The summed E-state index contributed by atoms with van der Waals surface area (Å²) in [5, 5.41) is 10.2. The number of aromatic amines is 1. The number of halogens is 4. The van der Waals surface area contributed by atoms with Crippen LogP contribution in [0, 0.1) is 23.3 Å². The van der Waals surface area contributed by atoms with Crippen molar-refractivity contribution in [2.24, 2.45) is 4.99 Å². The highest BCUT2D eigenvalue weighted by Crippen LogP contribution is 2.25. The van der Waals surface area contributed by atoms with Crippen molar-refractivity contribution in [3.8, 4) is 0 Å². The molecule has 0 radical (unpaired) electrons. The number of esters is 1. The van der Waals surface area contributed by atoms with Crippen molar-refractivity contribution in [3.63, 3.8) is 0 Å². The quantitative estimate of drug-likeness (QED) is 0.158. The number of carbonyl (C=O) groups is 1. The summed E-state index contributed by atoms with van der Waals surface area (Å²) in [5.41, 5.74) is -2.64. The van der Waals surface area contributed by atoms with E-state index in [1.165, 1.54) is 19.3 Å². The molecule has 2 rings (SSSR count). The summed E-state index contributed by atoms with van der Waals surface area (Å²) in [6, 6.07) is 1.30. The predicted octanol–water partition coefficient (Wildman–Crippen LogP) is 3.17. The topological polar surface area (TPSA) is 91.8 Å². The lowest BCUT2D eigenvalue weighted by Crippen LogP contribution is -2.13. The molecule has 2 N–H and O–H groups in total. The Morgan fingerprint density at radius 2 is 1.96 bits per heavy atom. The van der Waals surface area contributed by atoms with Crippen molar-refractivity contribution >= 4 is 23.6 Å². The molecule has 0 aliphatic carbocycles. The number of aliphatic imine (C=N–C) groups is 1. The van der Waals surface area contributed by atoms with Gasteiger partial charge in [-0.1, -0.05) is 0 Å². The van der Waals surface area contributed by atoms with E-state index < -0.39 is 51.6 Å². The minimum absolute atomic E-state index is 0.149. The molecule has 27 heavy (non-hydrogen) atoms. The Kier molecular flexibility index (Phi) is 6.11. The average molecular weight is 384 g/mol. The Hall–Kier alpha value is -3.43. The van der Waals surface area contributed by atoms with Gasteiger partial charge in [0.2, 0.25) is 5.43 Å². The number of hydrogen-bond donors (Lipinski definition) is 2. The first-order valence-corrected chi connectivity index (χ1v) is 7.42. The van der Waals surface area contributed by atoms with Crippen LogP contribution in [0.2, 0.25) is 0 Å². The standard InChI is InChI=1S/C17H12F4N2O4/c1-2-27-17(26)9(6-23-11-7-22-4-3-12(11)24)16(25)8-5-10(18)14(20)15(21)13(8)19/h3-7,25H,2H2,1H3,(H,22,24)/b16-9+,23-6?. The summed E-state index contributed by atoms with van der Waals surface area (Å²) in [4.78, 5) is 29.9. The first-order chi connectivity index (χ1) is 12.8. The number of aliphatic hydroxyl groups excluding tert-OH is 1. The number of pyridine rings is 1. The van der Waals surface area contributed by atoms with Gasteiger partial charge < -0.3 is 14.8 Å². The number of nitrogens with one attached hydrogen (secondary N) is 1. The number of nitrogens with zero attached hydrogens (tertiary/aromatic N) is 1. The fraction of sp³-hybridized carbons (Fsp3) is 0.118. The van der Waals surface area contributed by atoms with E-state index >= 15 is 0 Å². The van der Waals surface area contributed by atoms with Crippen molar-refractivity contribution in [2.45, 2.75) is 6.92 Å². The van der Waals surface area contributed by atoms with Crippen LogP contribution in [-0.4, -0.2) is 28.9 Å². The average Bonchev–Trinajstić information content (AvgIpc) is 2.64. The van der Waals surface area contributed by atoms with Crippen LogP contribution < -0.4 is 5.43 Å². The largest absolute Gasteiger partial charge is 0.506 e. The lowest BCUT2D eigenvalue weighted by Gasteiger charge is -2.09. The van der Waals surface area contributed by atoms with Crippen LogP contribution in [0.15, 0.2) is 39.9 Å². The molecule has 1 aromatic carbocycles. The summed E-state index contributed by atoms with van der Waals surface area (Å²) in [7, 11) is 0. The smallest absolute Gasteiger partial charge is 0.343 e. The van der Waals surface area contributed by atoms with Gasteiger partial charge in [-0.3, -0.25) is 9.79 Å². The Morgan fingerprint density at radius 3 is 2.59 bits per heavy atom. The molecule has 0 spiro atoms. The molecule has 0 bridgehead atoms. The molecule has 0 atom stereocenters. The fourth-order valence-electron chi connectivity index (χ4n) is 1.95. The Bertz CT molecular complexity index is 999. The fourth-order valence-corrected chi connectivity index (χ4v) is 1.95. The van der Waals surface area contributed by atoms with Crippen molar-refractivity contribution in [1.29, 1.82) is 0 Å². The molecular formula is C17H12F4N2O4. The van der Waals surface area contributed by atoms with Gasteiger partial charge in [0.15, 0.2) is 23.3 Å². The van der Waals surface area contributed by atoms with Gasteiger partial charge in [-0.2, -0.15) is 0 Å². The molecule has 1 heterocycles. The maximum absolute atomic E-state index is 13.9. The van der Waals surface area contributed by atoms with E-state index in [-0.39, 0.29) is 18.4 Å². The predicted molar refractivity (Wildman–Crippen MR) is 87.7 cm³/mol. The molecule has 0 saturated carbocycles. The van der Waals surface area contributed by atoms with Crippen molar-refractivity contribution < 1.29 is 32.2 Å². The number of rotatable bonds is 5.